The maximum absolute atomic E-state index is 13.1. The summed E-state index contributed by atoms with van der Waals surface area (Å²) in [6.45, 7) is 0.471. The summed E-state index contributed by atoms with van der Waals surface area (Å²) >= 11 is 0. The van der Waals surface area contributed by atoms with E-state index in [2.05, 4.69) is 0 Å². The predicted octanol–water partition coefficient (Wildman–Crippen LogP) is 1.26. The van der Waals surface area contributed by atoms with E-state index in [4.69, 9.17) is 10.5 Å². The second-order valence-electron chi connectivity index (χ2n) is 3.10. The number of carbonyl (C=O) groups excluding carboxylic acids is 1. The van der Waals surface area contributed by atoms with Crippen LogP contribution in [0.25, 0.3) is 0 Å². The molecular weight excluding hydrogens is 197 g/mol. The van der Waals surface area contributed by atoms with Crippen LogP contribution in [0.1, 0.15) is 12.0 Å². The number of nitrogens with two attached hydrogens (primary N) is 1. The minimum atomic E-state index is -0.339. The Kier molecular flexibility index (Phi) is 4.77. The van der Waals surface area contributed by atoms with E-state index in [1.54, 1.807) is 18.2 Å². The van der Waals surface area contributed by atoms with Gasteiger partial charge in [0.05, 0.1) is 13.0 Å². The van der Waals surface area contributed by atoms with Crippen LogP contribution in [0.5, 0.6) is 0 Å². The molecule has 1 aromatic carbocycles. The third-order valence-corrected chi connectivity index (χ3v) is 1.94. The van der Waals surface area contributed by atoms with Gasteiger partial charge in [0.2, 0.25) is 0 Å². The average molecular weight is 211 g/mol. The smallest absolute Gasteiger partial charge is 0.307 e. The summed E-state index contributed by atoms with van der Waals surface area (Å²) in [5.74, 6) is -0.610. The Morgan fingerprint density at radius 2 is 2.13 bits per heavy atom. The van der Waals surface area contributed by atoms with Gasteiger partial charge in [0.15, 0.2) is 0 Å². The first-order valence-electron chi connectivity index (χ1n) is 4.83. The van der Waals surface area contributed by atoms with E-state index in [-0.39, 0.29) is 31.4 Å². The van der Waals surface area contributed by atoms with Crippen molar-refractivity contribution in [2.75, 3.05) is 13.2 Å². The number of hydrogen-bond donors (Lipinski definition) is 1. The third-order valence-electron chi connectivity index (χ3n) is 1.94. The average Bonchev–Trinajstić information content (AvgIpc) is 2.21. The normalized spacial score (nSPS) is 10.0. The largest absolute Gasteiger partial charge is 0.465 e. The predicted molar refractivity (Wildman–Crippen MR) is 54.7 cm³/mol. The van der Waals surface area contributed by atoms with Gasteiger partial charge < -0.3 is 10.5 Å². The van der Waals surface area contributed by atoms with Gasteiger partial charge in [-0.2, -0.15) is 0 Å². The van der Waals surface area contributed by atoms with Crippen molar-refractivity contribution < 1.29 is 13.9 Å². The Bertz CT molecular complexity index is 328. The number of carbonyl (C=O) groups is 1. The Hall–Kier alpha value is -1.42. The van der Waals surface area contributed by atoms with Crippen molar-refractivity contribution in [3.63, 3.8) is 0 Å². The van der Waals surface area contributed by atoms with E-state index >= 15 is 0 Å². The van der Waals surface area contributed by atoms with Crippen molar-refractivity contribution in [3.8, 4) is 0 Å². The molecule has 82 valence electrons. The quantitative estimate of drug-likeness (QED) is 0.746. The second-order valence-corrected chi connectivity index (χ2v) is 3.10. The summed E-state index contributed by atoms with van der Waals surface area (Å²) in [6.07, 6.45) is 0.597. The third kappa shape index (κ3) is 4.08. The minimum Gasteiger partial charge on any atom is -0.465 e. The molecule has 0 aliphatic rings. The Labute approximate surface area is 88.0 Å². The highest BCUT2D eigenvalue weighted by Gasteiger charge is 2.03. The lowest BCUT2D eigenvalue weighted by Crippen LogP contribution is -2.13. The van der Waals surface area contributed by atoms with Gasteiger partial charge in [-0.1, -0.05) is 18.2 Å². The lowest BCUT2D eigenvalue weighted by molar-refractivity contribution is -0.143. The Morgan fingerprint density at radius 1 is 1.40 bits per heavy atom. The van der Waals surface area contributed by atoms with E-state index in [1.165, 1.54) is 6.07 Å². The molecule has 2 N–H and O–H groups in total. The molecule has 0 atom stereocenters. The monoisotopic (exact) mass is 211 g/mol. The fourth-order valence-corrected chi connectivity index (χ4v) is 1.17. The molecule has 0 heterocycles. The number of benzene rings is 1. The summed E-state index contributed by atoms with van der Waals surface area (Å²) in [5, 5.41) is 0. The van der Waals surface area contributed by atoms with Gasteiger partial charge in [0.25, 0.3) is 0 Å². The maximum atomic E-state index is 13.1. The molecule has 0 saturated carbocycles. The van der Waals surface area contributed by atoms with Gasteiger partial charge in [-0.25, -0.2) is 4.39 Å². The molecule has 3 nitrogen and oxygen atoms in total. The zero-order valence-corrected chi connectivity index (χ0v) is 8.41. The van der Waals surface area contributed by atoms with Crippen LogP contribution >= 0.6 is 0 Å². The van der Waals surface area contributed by atoms with Crippen LogP contribution in [0.3, 0.4) is 0 Å². The van der Waals surface area contributed by atoms with Crippen LogP contribution in [0.4, 0.5) is 4.39 Å². The lowest BCUT2D eigenvalue weighted by atomic mass is 10.1. The second kappa shape index (κ2) is 6.14. The summed E-state index contributed by atoms with van der Waals surface area (Å²) < 4.78 is 18.0. The molecule has 0 aliphatic carbocycles. The number of ether oxygens (including phenoxy) is 1. The van der Waals surface area contributed by atoms with Crippen LogP contribution < -0.4 is 5.73 Å². The molecule has 0 saturated heterocycles. The summed E-state index contributed by atoms with van der Waals surface area (Å²) in [6, 6.07) is 6.43. The molecular formula is C11H14FNO2. The first-order valence-corrected chi connectivity index (χ1v) is 4.83. The molecule has 0 aromatic heterocycles. The van der Waals surface area contributed by atoms with E-state index in [9.17, 15) is 9.18 Å². The molecule has 4 heteroatoms. The van der Waals surface area contributed by atoms with Crippen molar-refractivity contribution in [2.24, 2.45) is 5.73 Å². The summed E-state index contributed by atoms with van der Waals surface area (Å²) in [4.78, 5) is 10.9. The van der Waals surface area contributed by atoms with E-state index in [0.717, 1.165) is 0 Å². The molecule has 0 radical (unpaired) electrons. The van der Waals surface area contributed by atoms with Crippen LogP contribution in [-0.2, 0) is 16.0 Å². The first kappa shape index (κ1) is 11.7. The highest BCUT2D eigenvalue weighted by atomic mass is 19.1. The molecule has 0 aliphatic heterocycles. The SMILES string of the molecule is NCCC(=O)OCCc1ccccc1F. The van der Waals surface area contributed by atoms with Crippen molar-refractivity contribution in [1.82, 2.24) is 0 Å². The molecule has 1 aromatic rings. The van der Waals surface area contributed by atoms with Gasteiger partial charge in [-0.05, 0) is 11.6 Å². The van der Waals surface area contributed by atoms with Crippen molar-refractivity contribution >= 4 is 5.97 Å². The molecule has 15 heavy (non-hydrogen) atoms. The highest BCUT2D eigenvalue weighted by Crippen LogP contribution is 2.06. The fraction of sp³-hybridized carbons (Fsp3) is 0.364. The molecule has 1 rings (SSSR count). The standard InChI is InChI=1S/C11H14FNO2/c12-10-4-2-1-3-9(10)6-8-15-11(14)5-7-13/h1-4H,5-8,13H2. The zero-order chi connectivity index (χ0) is 11.1. The number of hydrogen-bond acceptors (Lipinski definition) is 3. The van der Waals surface area contributed by atoms with Crippen molar-refractivity contribution in [1.29, 1.82) is 0 Å². The summed E-state index contributed by atoms with van der Waals surface area (Å²) in [7, 11) is 0. The van der Waals surface area contributed by atoms with Crippen molar-refractivity contribution in [2.45, 2.75) is 12.8 Å². The van der Waals surface area contributed by atoms with Gasteiger partial charge in [0.1, 0.15) is 5.82 Å². The van der Waals surface area contributed by atoms with E-state index < -0.39 is 0 Å². The van der Waals surface area contributed by atoms with Crippen LogP contribution in [0.2, 0.25) is 0 Å². The zero-order valence-electron chi connectivity index (χ0n) is 8.41. The summed E-state index contributed by atoms with van der Waals surface area (Å²) in [5.41, 5.74) is 5.73. The van der Waals surface area contributed by atoms with Gasteiger partial charge in [-0.15, -0.1) is 0 Å². The molecule has 0 fully saturated rings. The first-order chi connectivity index (χ1) is 7.24. The van der Waals surface area contributed by atoms with Gasteiger partial charge in [-0.3, -0.25) is 4.79 Å². The van der Waals surface area contributed by atoms with E-state index in [1.807, 2.05) is 0 Å². The van der Waals surface area contributed by atoms with Gasteiger partial charge in [0, 0.05) is 13.0 Å². The molecule has 0 spiro atoms. The fourth-order valence-electron chi connectivity index (χ4n) is 1.17. The lowest BCUT2D eigenvalue weighted by Gasteiger charge is -2.04. The molecule has 0 amide bonds. The number of halogens is 1. The molecule has 0 bridgehead atoms. The van der Waals surface area contributed by atoms with Gasteiger partial charge >= 0.3 is 5.97 Å². The number of rotatable bonds is 5. The van der Waals surface area contributed by atoms with E-state index in [0.29, 0.717) is 12.0 Å². The minimum absolute atomic E-state index is 0.194. The van der Waals surface area contributed by atoms with Crippen LogP contribution in [-0.4, -0.2) is 19.1 Å². The Balaban J connectivity index is 2.32. The Morgan fingerprint density at radius 3 is 2.80 bits per heavy atom. The topological polar surface area (TPSA) is 52.3 Å². The highest BCUT2D eigenvalue weighted by molar-refractivity contribution is 5.69. The van der Waals surface area contributed by atoms with Crippen molar-refractivity contribution in [3.05, 3.63) is 35.6 Å². The maximum Gasteiger partial charge on any atom is 0.307 e. The van der Waals surface area contributed by atoms with Crippen LogP contribution in [0.15, 0.2) is 24.3 Å². The number of esters is 1. The van der Waals surface area contributed by atoms with Crippen LogP contribution in [0, 0.1) is 5.82 Å². The molecule has 0 unspecified atom stereocenters.